The number of methoxy groups -OCH3 is 1. The normalized spacial score (nSPS) is 10.8. The lowest BCUT2D eigenvalue weighted by molar-refractivity contribution is 0.181. The van der Waals surface area contributed by atoms with Gasteiger partial charge in [-0.2, -0.15) is 16.9 Å². The second-order valence-corrected chi connectivity index (χ2v) is 6.03. The van der Waals surface area contributed by atoms with Gasteiger partial charge in [-0.1, -0.05) is 0 Å². The number of rotatable bonds is 10. The highest BCUT2D eigenvalue weighted by atomic mass is 79.9. The highest BCUT2D eigenvalue weighted by molar-refractivity contribution is 9.10. The highest BCUT2D eigenvalue weighted by Gasteiger charge is 2.08. The van der Waals surface area contributed by atoms with Gasteiger partial charge in [0.05, 0.1) is 25.0 Å². The Morgan fingerprint density at radius 3 is 3.05 bits per heavy atom. The Hall–Kier alpha value is -0.570. The number of hydrogen-bond acceptors (Lipinski definition) is 6. The van der Waals surface area contributed by atoms with E-state index >= 15 is 0 Å². The van der Waals surface area contributed by atoms with Crippen LogP contribution in [0.1, 0.15) is 6.42 Å². The maximum atomic E-state index is 12.0. The van der Waals surface area contributed by atoms with Gasteiger partial charge >= 0.3 is 0 Å². The van der Waals surface area contributed by atoms with Crippen LogP contribution in [0.4, 0.5) is 5.69 Å². The van der Waals surface area contributed by atoms with Crippen molar-refractivity contribution in [2.75, 3.05) is 43.7 Å². The fraction of sp³-hybridized carbons (Fsp3) is 0.667. The number of aliphatic hydroxyl groups excluding tert-OH is 1. The lowest BCUT2D eigenvalue weighted by atomic mass is 10.4. The van der Waals surface area contributed by atoms with Gasteiger partial charge in [-0.25, -0.2) is 4.68 Å². The summed E-state index contributed by atoms with van der Waals surface area (Å²) in [7, 11) is 1.59. The molecule has 0 aliphatic carbocycles. The molecular formula is C12H20BrN3O3S. The molecule has 8 heteroatoms. The van der Waals surface area contributed by atoms with E-state index in [1.807, 2.05) is 0 Å². The molecule has 0 bridgehead atoms. The van der Waals surface area contributed by atoms with Crippen molar-refractivity contribution in [3.05, 3.63) is 21.0 Å². The van der Waals surface area contributed by atoms with Crippen LogP contribution in [0.3, 0.4) is 0 Å². The third-order valence-electron chi connectivity index (χ3n) is 2.50. The second-order valence-electron chi connectivity index (χ2n) is 4.01. The molecular weight excluding hydrogens is 346 g/mol. The maximum Gasteiger partial charge on any atom is 0.283 e. The van der Waals surface area contributed by atoms with E-state index < -0.39 is 0 Å². The van der Waals surface area contributed by atoms with Crippen molar-refractivity contribution in [1.29, 1.82) is 0 Å². The number of aliphatic hydroxyl groups is 1. The number of thioether (sulfide) groups is 1. The summed E-state index contributed by atoms with van der Waals surface area (Å²) in [6, 6.07) is 0. The fourth-order valence-corrected chi connectivity index (χ4v) is 2.68. The number of anilines is 1. The number of ether oxygens (including phenoxy) is 1. The second kappa shape index (κ2) is 10.2. The first-order valence-electron chi connectivity index (χ1n) is 6.37. The van der Waals surface area contributed by atoms with Crippen molar-refractivity contribution in [3.63, 3.8) is 0 Å². The number of nitrogens with zero attached hydrogens (tertiary/aromatic N) is 2. The Morgan fingerprint density at radius 1 is 1.55 bits per heavy atom. The monoisotopic (exact) mass is 365 g/mol. The Bertz CT molecular complexity index is 456. The molecule has 0 saturated carbocycles. The van der Waals surface area contributed by atoms with Gasteiger partial charge in [-0.3, -0.25) is 4.79 Å². The van der Waals surface area contributed by atoms with Crippen LogP contribution in [0.25, 0.3) is 0 Å². The van der Waals surface area contributed by atoms with Gasteiger partial charge in [0, 0.05) is 26.0 Å². The summed E-state index contributed by atoms with van der Waals surface area (Å²) in [6.45, 7) is 1.87. The molecule has 0 aromatic carbocycles. The average molecular weight is 366 g/mol. The zero-order valence-corrected chi connectivity index (χ0v) is 13.9. The third-order valence-corrected chi connectivity index (χ3v) is 4.34. The Morgan fingerprint density at radius 2 is 2.35 bits per heavy atom. The largest absolute Gasteiger partial charge is 0.396 e. The van der Waals surface area contributed by atoms with Gasteiger partial charge < -0.3 is 15.2 Å². The Balaban J connectivity index is 2.47. The standard InChI is InChI=1S/C12H20BrN3O3S/c1-19-6-4-16-12(18)11(13)10(9-15-16)14-3-8-20-7-2-5-17/h9,14,17H,2-8H2,1H3. The van der Waals surface area contributed by atoms with Crippen molar-refractivity contribution in [2.45, 2.75) is 13.0 Å². The van der Waals surface area contributed by atoms with Gasteiger partial charge in [0.2, 0.25) is 0 Å². The van der Waals surface area contributed by atoms with Crippen LogP contribution >= 0.6 is 27.7 Å². The first-order valence-corrected chi connectivity index (χ1v) is 8.32. The van der Waals surface area contributed by atoms with E-state index in [0.717, 1.165) is 24.5 Å². The average Bonchev–Trinajstić information content (AvgIpc) is 2.46. The summed E-state index contributed by atoms with van der Waals surface area (Å²) in [4.78, 5) is 12.0. The molecule has 0 spiro atoms. The highest BCUT2D eigenvalue weighted by Crippen LogP contribution is 2.16. The lowest BCUT2D eigenvalue weighted by Crippen LogP contribution is -2.26. The van der Waals surface area contributed by atoms with Crippen LogP contribution in [0.2, 0.25) is 0 Å². The van der Waals surface area contributed by atoms with Gasteiger partial charge in [0.1, 0.15) is 4.47 Å². The molecule has 114 valence electrons. The van der Waals surface area contributed by atoms with Gasteiger partial charge in [0.15, 0.2) is 0 Å². The van der Waals surface area contributed by atoms with Crippen molar-refractivity contribution < 1.29 is 9.84 Å². The molecule has 0 unspecified atom stereocenters. The van der Waals surface area contributed by atoms with Gasteiger partial charge in [0.25, 0.3) is 5.56 Å². The summed E-state index contributed by atoms with van der Waals surface area (Å²) in [6.07, 6.45) is 2.45. The van der Waals surface area contributed by atoms with Crippen LogP contribution < -0.4 is 10.9 Å². The van der Waals surface area contributed by atoms with Crippen molar-refractivity contribution in [1.82, 2.24) is 9.78 Å². The Kier molecular flexibility index (Phi) is 8.92. The van der Waals surface area contributed by atoms with Gasteiger partial charge in [-0.15, -0.1) is 0 Å². The van der Waals surface area contributed by atoms with Crippen molar-refractivity contribution >= 4 is 33.4 Å². The quantitative estimate of drug-likeness (QED) is 0.606. The molecule has 20 heavy (non-hydrogen) atoms. The predicted octanol–water partition coefficient (Wildman–Crippen LogP) is 1.18. The summed E-state index contributed by atoms with van der Waals surface area (Å²) in [5.41, 5.74) is 0.534. The van der Waals surface area contributed by atoms with E-state index in [1.54, 1.807) is 25.1 Å². The van der Waals surface area contributed by atoms with Gasteiger partial charge in [-0.05, 0) is 28.1 Å². The maximum absolute atomic E-state index is 12.0. The first-order chi connectivity index (χ1) is 9.70. The summed E-state index contributed by atoms with van der Waals surface area (Å²) >= 11 is 5.06. The lowest BCUT2D eigenvalue weighted by Gasteiger charge is -2.10. The van der Waals surface area contributed by atoms with Crippen molar-refractivity contribution in [3.8, 4) is 0 Å². The van der Waals surface area contributed by atoms with Crippen LogP contribution in [0.15, 0.2) is 15.5 Å². The zero-order valence-electron chi connectivity index (χ0n) is 11.5. The van der Waals surface area contributed by atoms with E-state index in [-0.39, 0.29) is 12.2 Å². The van der Waals surface area contributed by atoms with E-state index in [4.69, 9.17) is 9.84 Å². The molecule has 0 atom stereocenters. The van der Waals surface area contributed by atoms with E-state index in [0.29, 0.717) is 23.3 Å². The molecule has 1 aromatic heterocycles. The molecule has 0 radical (unpaired) electrons. The van der Waals surface area contributed by atoms with Crippen LogP contribution in [-0.4, -0.2) is 53.3 Å². The van der Waals surface area contributed by atoms with Crippen molar-refractivity contribution in [2.24, 2.45) is 0 Å². The van der Waals surface area contributed by atoms with E-state index in [9.17, 15) is 4.79 Å². The topological polar surface area (TPSA) is 76.4 Å². The Labute approximate surface area is 131 Å². The fourth-order valence-electron chi connectivity index (χ4n) is 1.45. The molecule has 1 heterocycles. The number of nitrogens with one attached hydrogen (secondary N) is 1. The summed E-state index contributed by atoms with van der Waals surface area (Å²) < 4.78 is 6.79. The van der Waals surface area contributed by atoms with Crippen LogP contribution in [0.5, 0.6) is 0 Å². The molecule has 1 rings (SSSR count). The van der Waals surface area contributed by atoms with E-state index in [2.05, 4.69) is 26.3 Å². The minimum atomic E-state index is -0.167. The molecule has 0 aliphatic heterocycles. The smallest absolute Gasteiger partial charge is 0.283 e. The summed E-state index contributed by atoms with van der Waals surface area (Å²) in [5.74, 6) is 1.86. The molecule has 0 aliphatic rings. The minimum absolute atomic E-state index is 0.167. The van der Waals surface area contributed by atoms with Crippen LogP contribution in [0, 0.1) is 0 Å². The number of halogens is 1. The molecule has 6 nitrogen and oxygen atoms in total. The van der Waals surface area contributed by atoms with Crippen LogP contribution in [-0.2, 0) is 11.3 Å². The molecule has 2 N–H and O–H groups in total. The number of hydrogen-bond donors (Lipinski definition) is 2. The van der Waals surface area contributed by atoms with E-state index in [1.165, 1.54) is 4.68 Å². The first kappa shape index (κ1) is 17.5. The third kappa shape index (κ3) is 5.82. The molecule has 1 aromatic rings. The summed E-state index contributed by atoms with van der Waals surface area (Å²) in [5, 5.41) is 15.9. The zero-order chi connectivity index (χ0) is 14.8. The molecule has 0 amide bonds. The predicted molar refractivity (Wildman–Crippen MR) is 85.6 cm³/mol. The molecule has 0 saturated heterocycles. The SMILES string of the molecule is COCCn1ncc(NCCSCCCO)c(Br)c1=O. The minimum Gasteiger partial charge on any atom is -0.396 e. The number of aromatic nitrogens is 2. The molecule has 0 fully saturated rings.